The van der Waals surface area contributed by atoms with Crippen molar-refractivity contribution in [3.63, 3.8) is 0 Å². The molecule has 4 rings (SSSR count). The van der Waals surface area contributed by atoms with Crippen molar-refractivity contribution in [3.05, 3.63) is 85.1 Å². The first-order chi connectivity index (χ1) is 16.3. The molecular formula is C26H30N6O2. The average Bonchev–Trinajstić information content (AvgIpc) is 3.48. The Bertz CT molecular complexity index is 1210. The number of hydrogen-bond donors (Lipinski definition) is 1. The second kappa shape index (κ2) is 9.91. The number of amides is 1. The fourth-order valence-corrected chi connectivity index (χ4v) is 3.86. The number of carbonyl (C=O) groups excluding carboxylic acids is 1. The van der Waals surface area contributed by atoms with Crippen molar-refractivity contribution >= 4 is 6.09 Å². The Labute approximate surface area is 199 Å². The molecule has 0 radical (unpaired) electrons. The summed E-state index contributed by atoms with van der Waals surface area (Å²) in [5, 5.41) is 3.03. The molecule has 0 saturated carbocycles. The Morgan fingerprint density at radius 3 is 2.41 bits per heavy atom. The lowest BCUT2D eigenvalue weighted by atomic mass is 10.1. The molecule has 3 aromatic heterocycles. The fraction of sp³-hybridized carbons (Fsp3) is 0.308. The maximum absolute atomic E-state index is 12.7. The van der Waals surface area contributed by atoms with E-state index in [4.69, 9.17) is 9.72 Å². The number of benzene rings is 1. The van der Waals surface area contributed by atoms with Crippen LogP contribution >= 0.6 is 0 Å². The number of pyridine rings is 1. The summed E-state index contributed by atoms with van der Waals surface area (Å²) in [4.78, 5) is 25.6. The summed E-state index contributed by atoms with van der Waals surface area (Å²) < 4.78 is 9.63. The summed E-state index contributed by atoms with van der Waals surface area (Å²) in [7, 11) is 0. The van der Waals surface area contributed by atoms with Crippen molar-refractivity contribution in [3.8, 4) is 16.9 Å². The number of imidazole rings is 2. The second-order valence-corrected chi connectivity index (χ2v) is 9.02. The van der Waals surface area contributed by atoms with Gasteiger partial charge in [-0.3, -0.25) is 4.98 Å². The molecule has 4 aromatic rings. The Kier molecular flexibility index (Phi) is 6.77. The van der Waals surface area contributed by atoms with Gasteiger partial charge in [-0.2, -0.15) is 0 Å². The van der Waals surface area contributed by atoms with E-state index >= 15 is 0 Å². The number of rotatable bonds is 7. The van der Waals surface area contributed by atoms with Crippen molar-refractivity contribution in [2.75, 3.05) is 0 Å². The van der Waals surface area contributed by atoms with Crippen molar-refractivity contribution in [2.24, 2.45) is 0 Å². The summed E-state index contributed by atoms with van der Waals surface area (Å²) in [5.74, 6) is 0.777. The van der Waals surface area contributed by atoms with Crippen LogP contribution in [0.25, 0.3) is 16.9 Å². The van der Waals surface area contributed by atoms with Crippen LogP contribution in [0.1, 0.15) is 45.1 Å². The zero-order valence-corrected chi connectivity index (χ0v) is 20.0. The zero-order chi connectivity index (χ0) is 24.1. The van der Waals surface area contributed by atoms with E-state index in [1.54, 1.807) is 24.9 Å². The lowest BCUT2D eigenvalue weighted by molar-refractivity contribution is 0.0500. The van der Waals surface area contributed by atoms with Crippen LogP contribution in [0.3, 0.4) is 0 Å². The van der Waals surface area contributed by atoms with E-state index in [9.17, 15) is 4.79 Å². The highest BCUT2D eigenvalue weighted by molar-refractivity contribution is 5.68. The van der Waals surface area contributed by atoms with Crippen LogP contribution < -0.4 is 5.32 Å². The summed E-state index contributed by atoms with van der Waals surface area (Å²) >= 11 is 0. The minimum Gasteiger partial charge on any atom is -0.444 e. The van der Waals surface area contributed by atoms with E-state index in [1.807, 2.05) is 49.9 Å². The third kappa shape index (κ3) is 5.51. The number of ether oxygens (including phenoxy) is 1. The number of aromatic nitrogens is 5. The van der Waals surface area contributed by atoms with E-state index in [0.717, 1.165) is 28.3 Å². The number of nitrogens with one attached hydrogen (secondary N) is 1. The number of carbonyl (C=O) groups is 1. The maximum Gasteiger partial charge on any atom is 0.408 e. The number of nitrogens with zero attached hydrogens (tertiary/aromatic N) is 5. The van der Waals surface area contributed by atoms with Crippen LogP contribution in [0.2, 0.25) is 0 Å². The van der Waals surface area contributed by atoms with Gasteiger partial charge in [0.1, 0.15) is 11.4 Å². The normalized spacial score (nSPS) is 12.4. The maximum atomic E-state index is 12.7. The predicted molar refractivity (Wildman–Crippen MR) is 131 cm³/mol. The predicted octanol–water partition coefficient (Wildman–Crippen LogP) is 4.96. The molecule has 0 bridgehead atoms. The first-order valence-corrected chi connectivity index (χ1v) is 11.4. The Hall–Kier alpha value is -3.94. The van der Waals surface area contributed by atoms with Gasteiger partial charge in [0.05, 0.1) is 24.3 Å². The third-order valence-electron chi connectivity index (χ3n) is 5.36. The van der Waals surface area contributed by atoms with Crippen LogP contribution in [0.15, 0.2) is 73.7 Å². The molecule has 1 N–H and O–H groups in total. The van der Waals surface area contributed by atoms with Crippen LogP contribution in [-0.4, -0.2) is 35.8 Å². The highest BCUT2D eigenvalue weighted by Gasteiger charge is 2.25. The summed E-state index contributed by atoms with van der Waals surface area (Å²) in [6.07, 6.45) is 10.9. The molecule has 0 aliphatic carbocycles. The Balaban J connectivity index is 1.65. The first-order valence-electron chi connectivity index (χ1n) is 11.4. The lowest BCUT2D eigenvalue weighted by Gasteiger charge is -2.24. The van der Waals surface area contributed by atoms with E-state index in [2.05, 4.69) is 51.0 Å². The largest absolute Gasteiger partial charge is 0.444 e. The van der Waals surface area contributed by atoms with Gasteiger partial charge in [0, 0.05) is 43.4 Å². The summed E-state index contributed by atoms with van der Waals surface area (Å²) in [6, 6.07) is 11.8. The molecule has 34 heavy (non-hydrogen) atoms. The molecule has 0 aliphatic heterocycles. The van der Waals surface area contributed by atoms with E-state index in [1.165, 1.54) is 0 Å². The SMILES string of the molecule is CCn1c(-c2ccc(-n3ccnc3)cc2)cnc1C(Cc1ccncc1)NC(=O)OC(C)(C)C. The molecule has 176 valence electrons. The molecule has 0 aliphatic rings. The zero-order valence-electron chi connectivity index (χ0n) is 20.0. The van der Waals surface area contributed by atoms with Gasteiger partial charge in [0.2, 0.25) is 0 Å². The van der Waals surface area contributed by atoms with Crippen molar-refractivity contribution < 1.29 is 9.53 Å². The monoisotopic (exact) mass is 458 g/mol. The van der Waals surface area contributed by atoms with Gasteiger partial charge in [-0.25, -0.2) is 14.8 Å². The Morgan fingerprint density at radius 2 is 1.79 bits per heavy atom. The smallest absolute Gasteiger partial charge is 0.408 e. The lowest BCUT2D eigenvalue weighted by Crippen LogP contribution is -2.37. The van der Waals surface area contributed by atoms with Crippen molar-refractivity contribution in [1.29, 1.82) is 0 Å². The summed E-state index contributed by atoms with van der Waals surface area (Å²) in [6.45, 7) is 8.33. The minimum absolute atomic E-state index is 0.365. The van der Waals surface area contributed by atoms with Gasteiger partial charge in [0.15, 0.2) is 0 Å². The number of hydrogen-bond acceptors (Lipinski definition) is 5. The van der Waals surface area contributed by atoms with Gasteiger partial charge >= 0.3 is 6.09 Å². The molecule has 3 heterocycles. The van der Waals surface area contributed by atoms with Gasteiger partial charge in [-0.1, -0.05) is 12.1 Å². The average molecular weight is 459 g/mol. The van der Waals surface area contributed by atoms with E-state index < -0.39 is 11.7 Å². The van der Waals surface area contributed by atoms with Gasteiger partial charge < -0.3 is 19.2 Å². The standard InChI is InChI=1S/C26H30N6O2/c1-5-32-23(20-6-8-21(9-7-20)31-15-14-28-18-31)17-29-24(32)22(16-19-10-12-27-13-11-19)30-25(33)34-26(2,3)4/h6-15,17-18,22H,5,16H2,1-4H3,(H,30,33). The minimum atomic E-state index is -0.590. The van der Waals surface area contributed by atoms with E-state index in [-0.39, 0.29) is 6.04 Å². The molecule has 0 spiro atoms. The molecule has 8 heteroatoms. The topological polar surface area (TPSA) is 86.9 Å². The fourth-order valence-electron chi connectivity index (χ4n) is 3.86. The van der Waals surface area contributed by atoms with Crippen LogP contribution in [0, 0.1) is 0 Å². The van der Waals surface area contributed by atoms with Gasteiger partial charge in [0.25, 0.3) is 0 Å². The molecule has 1 atom stereocenters. The molecule has 0 fully saturated rings. The quantitative estimate of drug-likeness (QED) is 0.423. The van der Waals surface area contributed by atoms with Crippen LogP contribution in [-0.2, 0) is 17.7 Å². The van der Waals surface area contributed by atoms with Crippen molar-refractivity contribution in [1.82, 2.24) is 29.4 Å². The molecule has 1 aromatic carbocycles. The van der Waals surface area contributed by atoms with Gasteiger partial charge in [-0.15, -0.1) is 0 Å². The first kappa shape index (κ1) is 23.2. The number of alkyl carbamates (subject to hydrolysis) is 1. The molecule has 1 amide bonds. The highest BCUT2D eigenvalue weighted by Crippen LogP contribution is 2.27. The third-order valence-corrected chi connectivity index (χ3v) is 5.36. The van der Waals surface area contributed by atoms with Crippen LogP contribution in [0.4, 0.5) is 4.79 Å². The summed E-state index contributed by atoms with van der Waals surface area (Å²) in [5.41, 5.74) is 3.53. The van der Waals surface area contributed by atoms with E-state index in [0.29, 0.717) is 13.0 Å². The van der Waals surface area contributed by atoms with Gasteiger partial charge in [-0.05, 0) is 63.1 Å². The second-order valence-electron chi connectivity index (χ2n) is 9.02. The van der Waals surface area contributed by atoms with Crippen molar-refractivity contribution in [2.45, 2.75) is 52.3 Å². The highest BCUT2D eigenvalue weighted by atomic mass is 16.6. The molecule has 8 nitrogen and oxygen atoms in total. The molecular weight excluding hydrogens is 428 g/mol. The molecule has 1 unspecified atom stereocenters. The van der Waals surface area contributed by atoms with Crippen LogP contribution in [0.5, 0.6) is 0 Å². The molecule has 0 saturated heterocycles. The Morgan fingerprint density at radius 1 is 1.06 bits per heavy atom.